The minimum absolute atomic E-state index is 0.0537. The molecular weight excluding hydrogens is 324 g/mol. The zero-order chi connectivity index (χ0) is 17.6. The second-order valence-corrected chi connectivity index (χ2v) is 8.54. The van der Waals surface area contributed by atoms with Gasteiger partial charge < -0.3 is 9.88 Å². The fourth-order valence-corrected chi connectivity index (χ4v) is 3.39. The maximum absolute atomic E-state index is 12.1. The van der Waals surface area contributed by atoms with E-state index in [0.717, 1.165) is 18.5 Å². The van der Waals surface area contributed by atoms with Crippen molar-refractivity contribution in [3.63, 3.8) is 0 Å². The molecule has 1 aromatic heterocycles. The van der Waals surface area contributed by atoms with E-state index in [0.29, 0.717) is 11.4 Å². The summed E-state index contributed by atoms with van der Waals surface area (Å²) in [5.41, 5.74) is 0.806. The standard InChI is InChI=1S/C18H24N2O3S/c1-15(2)24(22,23)17-8-6-16(7-9-17)14-18(21)19-10-5-13-20-11-3-4-12-20/h3-4,6-9,11-12,15H,5,10,13-14H2,1-2H3,(H,19,21). The first-order valence-electron chi connectivity index (χ1n) is 8.10. The monoisotopic (exact) mass is 348 g/mol. The number of carbonyl (C=O) groups is 1. The van der Waals surface area contributed by atoms with Crippen molar-refractivity contribution in [1.29, 1.82) is 0 Å². The van der Waals surface area contributed by atoms with Crippen molar-refractivity contribution in [3.05, 3.63) is 54.4 Å². The van der Waals surface area contributed by atoms with Gasteiger partial charge in [0, 0.05) is 25.5 Å². The first-order chi connectivity index (χ1) is 11.4. The van der Waals surface area contributed by atoms with Gasteiger partial charge >= 0.3 is 0 Å². The third-order valence-corrected chi connectivity index (χ3v) is 5.99. The Bertz CT molecular complexity index is 748. The highest BCUT2D eigenvalue weighted by Gasteiger charge is 2.18. The van der Waals surface area contributed by atoms with Gasteiger partial charge in [0.15, 0.2) is 9.84 Å². The molecule has 0 aliphatic heterocycles. The highest BCUT2D eigenvalue weighted by atomic mass is 32.2. The fraction of sp³-hybridized carbons (Fsp3) is 0.389. The summed E-state index contributed by atoms with van der Waals surface area (Å²) in [5, 5.41) is 2.43. The molecular formula is C18H24N2O3S. The van der Waals surface area contributed by atoms with Gasteiger partial charge in [0.25, 0.3) is 0 Å². The van der Waals surface area contributed by atoms with E-state index in [1.807, 2.05) is 24.5 Å². The quantitative estimate of drug-likeness (QED) is 0.745. The molecule has 0 bridgehead atoms. The number of amides is 1. The lowest BCUT2D eigenvalue weighted by Gasteiger charge is -2.09. The maximum atomic E-state index is 12.1. The van der Waals surface area contributed by atoms with Crippen LogP contribution >= 0.6 is 0 Å². The molecule has 6 heteroatoms. The topological polar surface area (TPSA) is 68.2 Å². The Morgan fingerprint density at radius 1 is 1.12 bits per heavy atom. The predicted molar refractivity (Wildman–Crippen MR) is 94.5 cm³/mol. The van der Waals surface area contributed by atoms with Crippen LogP contribution in [-0.4, -0.2) is 30.7 Å². The Hall–Kier alpha value is -2.08. The molecule has 0 aliphatic carbocycles. The van der Waals surface area contributed by atoms with Gasteiger partial charge in [-0.15, -0.1) is 0 Å². The van der Waals surface area contributed by atoms with Crippen LogP contribution in [-0.2, 0) is 27.6 Å². The molecule has 0 aliphatic rings. The molecule has 24 heavy (non-hydrogen) atoms. The van der Waals surface area contributed by atoms with E-state index in [-0.39, 0.29) is 12.3 Å². The van der Waals surface area contributed by atoms with Crippen molar-refractivity contribution in [2.24, 2.45) is 0 Å². The summed E-state index contributed by atoms with van der Waals surface area (Å²) in [6.45, 7) is 4.81. The number of hydrogen-bond acceptors (Lipinski definition) is 3. The molecule has 0 radical (unpaired) electrons. The van der Waals surface area contributed by atoms with Crippen LogP contribution in [0.1, 0.15) is 25.8 Å². The molecule has 0 unspecified atom stereocenters. The maximum Gasteiger partial charge on any atom is 0.224 e. The molecule has 0 atom stereocenters. The molecule has 1 N–H and O–H groups in total. The van der Waals surface area contributed by atoms with Crippen LogP contribution in [0.5, 0.6) is 0 Å². The van der Waals surface area contributed by atoms with Crippen LogP contribution < -0.4 is 5.32 Å². The van der Waals surface area contributed by atoms with Gasteiger partial charge in [0.05, 0.1) is 16.6 Å². The van der Waals surface area contributed by atoms with Crippen LogP contribution in [0, 0.1) is 0 Å². The van der Waals surface area contributed by atoms with Gasteiger partial charge in [-0.3, -0.25) is 4.79 Å². The second-order valence-electron chi connectivity index (χ2n) is 6.04. The van der Waals surface area contributed by atoms with Crippen molar-refractivity contribution in [1.82, 2.24) is 9.88 Å². The largest absolute Gasteiger partial charge is 0.356 e. The Morgan fingerprint density at radius 2 is 1.75 bits per heavy atom. The van der Waals surface area contributed by atoms with Gasteiger partial charge in [0.1, 0.15) is 0 Å². The number of nitrogens with zero attached hydrogens (tertiary/aromatic N) is 1. The predicted octanol–water partition coefficient (Wildman–Crippen LogP) is 2.42. The summed E-state index contributed by atoms with van der Waals surface area (Å²) in [4.78, 5) is 12.2. The number of aryl methyl sites for hydroxylation is 1. The number of hydrogen-bond donors (Lipinski definition) is 1. The third kappa shape index (κ3) is 4.96. The van der Waals surface area contributed by atoms with Crippen LogP contribution in [0.2, 0.25) is 0 Å². The van der Waals surface area contributed by atoms with E-state index >= 15 is 0 Å². The van der Waals surface area contributed by atoms with Crippen LogP contribution in [0.25, 0.3) is 0 Å². The molecule has 0 spiro atoms. The van der Waals surface area contributed by atoms with E-state index in [2.05, 4.69) is 9.88 Å². The van der Waals surface area contributed by atoms with Crippen LogP contribution in [0.4, 0.5) is 0 Å². The van der Waals surface area contributed by atoms with Crippen LogP contribution in [0.15, 0.2) is 53.7 Å². The third-order valence-electron chi connectivity index (χ3n) is 3.82. The number of nitrogens with one attached hydrogen (secondary N) is 1. The van der Waals surface area contributed by atoms with Gasteiger partial charge in [0.2, 0.25) is 5.91 Å². The SMILES string of the molecule is CC(C)S(=O)(=O)c1ccc(CC(=O)NCCCn2cccc2)cc1. The van der Waals surface area contributed by atoms with Crippen LogP contribution in [0.3, 0.4) is 0 Å². The average Bonchev–Trinajstić information content (AvgIpc) is 3.05. The highest BCUT2D eigenvalue weighted by Crippen LogP contribution is 2.16. The molecule has 130 valence electrons. The molecule has 0 saturated carbocycles. The smallest absolute Gasteiger partial charge is 0.224 e. The van der Waals surface area contributed by atoms with Crippen molar-refractivity contribution in [2.45, 2.75) is 43.4 Å². The van der Waals surface area contributed by atoms with E-state index in [1.54, 1.807) is 38.1 Å². The summed E-state index contributed by atoms with van der Waals surface area (Å²) >= 11 is 0. The number of rotatable bonds is 8. The minimum Gasteiger partial charge on any atom is -0.356 e. The second kappa shape index (κ2) is 8.15. The van der Waals surface area contributed by atoms with Crippen molar-refractivity contribution in [3.8, 4) is 0 Å². The van der Waals surface area contributed by atoms with E-state index in [1.165, 1.54) is 0 Å². The highest BCUT2D eigenvalue weighted by molar-refractivity contribution is 7.92. The Morgan fingerprint density at radius 3 is 2.33 bits per heavy atom. The number of benzene rings is 1. The molecule has 5 nitrogen and oxygen atoms in total. The molecule has 1 heterocycles. The molecule has 2 rings (SSSR count). The normalized spacial score (nSPS) is 11.6. The fourth-order valence-electron chi connectivity index (χ4n) is 2.33. The Labute approximate surface area is 143 Å². The van der Waals surface area contributed by atoms with Crippen molar-refractivity contribution < 1.29 is 13.2 Å². The zero-order valence-electron chi connectivity index (χ0n) is 14.1. The average molecular weight is 348 g/mol. The molecule has 0 fully saturated rings. The van der Waals surface area contributed by atoms with Gasteiger partial charge in [-0.2, -0.15) is 0 Å². The lowest BCUT2D eigenvalue weighted by atomic mass is 10.1. The number of carbonyl (C=O) groups excluding carboxylic acids is 1. The van der Waals surface area contributed by atoms with Gasteiger partial charge in [-0.05, 0) is 50.1 Å². The number of aromatic nitrogens is 1. The number of sulfone groups is 1. The summed E-state index contributed by atoms with van der Waals surface area (Å²) < 4.78 is 26.2. The minimum atomic E-state index is -3.26. The lowest BCUT2D eigenvalue weighted by molar-refractivity contribution is -0.120. The van der Waals surface area contributed by atoms with Crippen molar-refractivity contribution >= 4 is 15.7 Å². The Balaban J connectivity index is 1.79. The van der Waals surface area contributed by atoms with Crippen molar-refractivity contribution in [2.75, 3.05) is 6.54 Å². The molecule has 0 saturated heterocycles. The van der Waals surface area contributed by atoms with Gasteiger partial charge in [-0.1, -0.05) is 12.1 Å². The lowest BCUT2D eigenvalue weighted by Crippen LogP contribution is -2.26. The van der Waals surface area contributed by atoms with E-state index in [9.17, 15) is 13.2 Å². The summed E-state index contributed by atoms with van der Waals surface area (Å²) in [6, 6.07) is 10.5. The molecule has 2 aromatic rings. The zero-order valence-corrected chi connectivity index (χ0v) is 14.9. The van der Waals surface area contributed by atoms with Gasteiger partial charge in [-0.25, -0.2) is 8.42 Å². The molecule has 1 amide bonds. The summed E-state index contributed by atoms with van der Waals surface area (Å²) in [5.74, 6) is -0.0537. The van der Waals surface area contributed by atoms with E-state index in [4.69, 9.17) is 0 Å². The van der Waals surface area contributed by atoms with E-state index < -0.39 is 15.1 Å². The summed E-state index contributed by atoms with van der Waals surface area (Å²) in [7, 11) is -3.26. The molecule has 1 aromatic carbocycles. The first-order valence-corrected chi connectivity index (χ1v) is 9.64. The summed E-state index contributed by atoms with van der Waals surface area (Å²) in [6.07, 6.45) is 5.11. The Kier molecular flexibility index (Phi) is 6.20. The first kappa shape index (κ1) is 18.3.